The molecule has 0 aromatic heterocycles. The summed E-state index contributed by atoms with van der Waals surface area (Å²) in [6, 6.07) is 7.52. The molecule has 0 radical (unpaired) electrons. The highest BCUT2D eigenvalue weighted by Gasteiger charge is 2.27. The van der Waals surface area contributed by atoms with Crippen molar-refractivity contribution in [2.24, 2.45) is 0 Å². The highest BCUT2D eigenvalue weighted by molar-refractivity contribution is 5.85. The Kier molecular flexibility index (Phi) is 6.90. The summed E-state index contributed by atoms with van der Waals surface area (Å²) >= 11 is 0. The molecule has 1 aromatic carbocycles. The normalized spacial score (nSPS) is 18.0. The molecule has 28 heavy (non-hydrogen) atoms. The summed E-state index contributed by atoms with van der Waals surface area (Å²) < 4.78 is 5.20. The topological polar surface area (TPSA) is 70.2 Å². The minimum atomic E-state index is -0.0184. The summed E-state index contributed by atoms with van der Waals surface area (Å²) in [6.07, 6.45) is 3.79. The smallest absolute Gasteiger partial charge is 0.242 e. The molecule has 2 aliphatic rings. The van der Waals surface area contributed by atoms with Crippen LogP contribution in [0.5, 0.6) is 5.75 Å². The molecule has 2 fully saturated rings. The van der Waals surface area contributed by atoms with Crippen LogP contribution >= 0.6 is 0 Å². The Morgan fingerprint density at radius 2 is 1.68 bits per heavy atom. The Bertz CT molecular complexity index is 713. The predicted molar refractivity (Wildman–Crippen MR) is 105 cm³/mol. The predicted octanol–water partition coefficient (Wildman–Crippen LogP) is 1.31. The van der Waals surface area contributed by atoms with E-state index in [9.17, 15) is 14.4 Å². The first-order valence-corrected chi connectivity index (χ1v) is 10.0. The van der Waals surface area contributed by atoms with Gasteiger partial charge in [0, 0.05) is 39.1 Å². The molecule has 2 saturated heterocycles. The summed E-state index contributed by atoms with van der Waals surface area (Å²) in [5.74, 6) is 0.861. The summed E-state index contributed by atoms with van der Waals surface area (Å²) in [7, 11) is 1.61. The lowest BCUT2D eigenvalue weighted by atomic mass is 10.1. The van der Waals surface area contributed by atoms with Crippen LogP contribution in [-0.4, -0.2) is 78.8 Å². The van der Waals surface area contributed by atoms with Gasteiger partial charge >= 0.3 is 0 Å². The number of likely N-dealkylation sites (tertiary alicyclic amines) is 1. The minimum Gasteiger partial charge on any atom is -0.497 e. The number of ether oxygens (including phenoxy) is 1. The zero-order chi connectivity index (χ0) is 19.9. The maximum atomic E-state index is 12.6. The third-order valence-electron chi connectivity index (χ3n) is 5.47. The summed E-state index contributed by atoms with van der Waals surface area (Å²) in [5, 5.41) is 0. The number of benzene rings is 1. The fourth-order valence-electron chi connectivity index (χ4n) is 3.74. The summed E-state index contributed by atoms with van der Waals surface area (Å²) in [5.41, 5.74) is 0.919. The van der Waals surface area contributed by atoms with Gasteiger partial charge in [-0.1, -0.05) is 18.6 Å². The first kappa shape index (κ1) is 20.2. The average Bonchev–Trinajstić information content (AvgIpc) is 2.92. The fraction of sp³-hybridized carbons (Fsp3) is 0.571. The molecule has 0 bridgehead atoms. The molecule has 0 unspecified atom stereocenters. The molecular formula is C21H29N3O4. The molecular weight excluding hydrogens is 358 g/mol. The van der Waals surface area contributed by atoms with Crippen LogP contribution < -0.4 is 4.74 Å². The number of hydrogen-bond donors (Lipinski definition) is 0. The van der Waals surface area contributed by atoms with Gasteiger partial charge in [-0.05, 0) is 30.5 Å². The maximum absolute atomic E-state index is 12.6. The molecule has 0 saturated carbocycles. The molecule has 3 amide bonds. The van der Waals surface area contributed by atoms with Crippen molar-refractivity contribution in [1.29, 1.82) is 0 Å². The van der Waals surface area contributed by atoms with Crippen LogP contribution in [0.4, 0.5) is 0 Å². The second kappa shape index (κ2) is 9.57. The second-order valence-electron chi connectivity index (χ2n) is 7.42. The van der Waals surface area contributed by atoms with Crippen LogP contribution in [0.2, 0.25) is 0 Å². The number of carbonyl (C=O) groups is 3. The minimum absolute atomic E-state index is 0.0184. The molecule has 0 N–H and O–H groups in total. The molecule has 0 aliphatic carbocycles. The van der Waals surface area contributed by atoms with Crippen molar-refractivity contribution in [1.82, 2.24) is 14.7 Å². The van der Waals surface area contributed by atoms with E-state index in [1.807, 2.05) is 24.3 Å². The molecule has 2 aliphatic heterocycles. The van der Waals surface area contributed by atoms with Crippen LogP contribution in [0.15, 0.2) is 24.3 Å². The molecule has 2 heterocycles. The number of amides is 3. The standard InChI is InChI=1S/C21H29N3O4/c1-28-18-7-5-6-17(14-18)15-20(26)22-10-12-23(13-11-22)21(27)16-24-9-4-2-3-8-19(24)25/h5-7,14H,2-4,8-13,15-16H2,1H3. The van der Waals surface area contributed by atoms with Gasteiger partial charge in [0.25, 0.3) is 0 Å². The van der Waals surface area contributed by atoms with Crippen molar-refractivity contribution in [2.45, 2.75) is 32.1 Å². The van der Waals surface area contributed by atoms with Gasteiger partial charge in [0.2, 0.25) is 17.7 Å². The number of methoxy groups -OCH3 is 1. The van der Waals surface area contributed by atoms with Gasteiger partial charge in [-0.15, -0.1) is 0 Å². The van der Waals surface area contributed by atoms with Gasteiger partial charge in [0.05, 0.1) is 20.1 Å². The third kappa shape index (κ3) is 5.24. The van der Waals surface area contributed by atoms with E-state index < -0.39 is 0 Å². The Morgan fingerprint density at radius 3 is 2.39 bits per heavy atom. The van der Waals surface area contributed by atoms with E-state index >= 15 is 0 Å². The van der Waals surface area contributed by atoms with Crippen LogP contribution in [0.1, 0.15) is 31.2 Å². The van der Waals surface area contributed by atoms with Crippen LogP contribution in [-0.2, 0) is 20.8 Å². The number of piperazine rings is 1. The van der Waals surface area contributed by atoms with Gasteiger partial charge in [-0.3, -0.25) is 14.4 Å². The highest BCUT2D eigenvalue weighted by atomic mass is 16.5. The Labute approximate surface area is 166 Å². The molecule has 7 heteroatoms. The van der Waals surface area contributed by atoms with Crippen LogP contribution in [0.25, 0.3) is 0 Å². The Morgan fingerprint density at radius 1 is 0.964 bits per heavy atom. The number of rotatable bonds is 5. The quantitative estimate of drug-likeness (QED) is 0.764. The molecule has 0 atom stereocenters. The lowest BCUT2D eigenvalue weighted by molar-refractivity contribution is -0.143. The lowest BCUT2D eigenvalue weighted by Gasteiger charge is -2.36. The van der Waals surface area contributed by atoms with Crippen molar-refractivity contribution < 1.29 is 19.1 Å². The van der Waals surface area contributed by atoms with Gasteiger partial charge in [-0.25, -0.2) is 0 Å². The van der Waals surface area contributed by atoms with Crippen LogP contribution in [0, 0.1) is 0 Å². The first-order chi connectivity index (χ1) is 13.6. The van der Waals surface area contributed by atoms with E-state index in [1.165, 1.54) is 0 Å². The van der Waals surface area contributed by atoms with Crippen LogP contribution in [0.3, 0.4) is 0 Å². The third-order valence-corrected chi connectivity index (χ3v) is 5.47. The van der Waals surface area contributed by atoms with E-state index in [4.69, 9.17) is 4.74 Å². The summed E-state index contributed by atoms with van der Waals surface area (Å²) in [4.78, 5) is 42.5. The SMILES string of the molecule is COc1cccc(CC(=O)N2CCN(C(=O)CN3CCCCCC3=O)CC2)c1. The zero-order valence-corrected chi connectivity index (χ0v) is 16.6. The number of nitrogens with zero attached hydrogens (tertiary/aromatic N) is 3. The maximum Gasteiger partial charge on any atom is 0.242 e. The van der Waals surface area contributed by atoms with E-state index in [2.05, 4.69) is 0 Å². The second-order valence-corrected chi connectivity index (χ2v) is 7.42. The zero-order valence-electron chi connectivity index (χ0n) is 16.6. The van der Waals surface area contributed by atoms with Gasteiger partial charge in [-0.2, -0.15) is 0 Å². The van der Waals surface area contributed by atoms with Crippen molar-refractivity contribution in [3.05, 3.63) is 29.8 Å². The largest absolute Gasteiger partial charge is 0.497 e. The molecule has 1 aromatic rings. The van der Waals surface area contributed by atoms with Crippen molar-refractivity contribution in [2.75, 3.05) is 46.4 Å². The average molecular weight is 387 g/mol. The molecule has 7 nitrogen and oxygen atoms in total. The van der Waals surface area contributed by atoms with Crippen molar-refractivity contribution in [3.63, 3.8) is 0 Å². The monoisotopic (exact) mass is 387 g/mol. The Balaban J connectivity index is 1.47. The first-order valence-electron chi connectivity index (χ1n) is 10.0. The van der Waals surface area contributed by atoms with Crippen molar-refractivity contribution in [3.8, 4) is 5.75 Å². The lowest BCUT2D eigenvalue weighted by Crippen LogP contribution is -2.53. The molecule has 3 rings (SSSR count). The highest BCUT2D eigenvalue weighted by Crippen LogP contribution is 2.15. The fourth-order valence-corrected chi connectivity index (χ4v) is 3.74. The Hall–Kier alpha value is -2.57. The van der Waals surface area contributed by atoms with E-state index in [0.717, 1.165) is 30.6 Å². The van der Waals surface area contributed by atoms with Gasteiger partial charge < -0.3 is 19.4 Å². The van der Waals surface area contributed by atoms with Crippen molar-refractivity contribution >= 4 is 17.7 Å². The van der Waals surface area contributed by atoms with Gasteiger partial charge in [0.15, 0.2) is 0 Å². The number of carbonyl (C=O) groups excluding carboxylic acids is 3. The van der Waals surface area contributed by atoms with Gasteiger partial charge in [0.1, 0.15) is 5.75 Å². The van der Waals surface area contributed by atoms with E-state index in [1.54, 1.807) is 21.8 Å². The molecule has 0 spiro atoms. The van der Waals surface area contributed by atoms with E-state index in [-0.39, 0.29) is 24.3 Å². The number of hydrogen-bond acceptors (Lipinski definition) is 4. The summed E-state index contributed by atoms with van der Waals surface area (Å²) in [6.45, 7) is 2.93. The molecule has 152 valence electrons. The van der Waals surface area contributed by atoms with E-state index in [0.29, 0.717) is 45.6 Å².